The number of nitrogens with one attached hydrogen (secondary N) is 2. The summed E-state index contributed by atoms with van der Waals surface area (Å²) in [5.41, 5.74) is 6.62. The minimum atomic E-state index is -1.44. The number of carbonyl (C=O) groups is 3. The lowest BCUT2D eigenvalue weighted by atomic mass is 10.0. The molecule has 0 spiro atoms. The average molecular weight is 383 g/mol. The van der Waals surface area contributed by atoms with Crippen LogP contribution in [-0.2, 0) is 20.8 Å². The normalized spacial score (nSPS) is 14.1. The van der Waals surface area contributed by atoms with Gasteiger partial charge in [0.05, 0.1) is 12.6 Å². The first-order valence-corrected chi connectivity index (χ1v) is 9.51. The summed E-state index contributed by atoms with van der Waals surface area (Å²) in [6.07, 6.45) is 2.53. The topological polar surface area (TPSA) is 142 Å². The molecule has 9 heteroatoms. The van der Waals surface area contributed by atoms with Crippen LogP contribution in [0.25, 0.3) is 0 Å². The van der Waals surface area contributed by atoms with Gasteiger partial charge in [-0.25, -0.2) is 4.79 Å². The number of aliphatic hydroxyl groups excluding tert-OH is 1. The second-order valence-corrected chi connectivity index (χ2v) is 6.71. The fraction of sp³-hybridized carbons (Fsp3) is 0.471. The third-order valence-corrected chi connectivity index (χ3v) is 4.33. The van der Waals surface area contributed by atoms with Crippen LogP contribution in [0.2, 0.25) is 0 Å². The maximum Gasteiger partial charge on any atom is 0.328 e. The van der Waals surface area contributed by atoms with E-state index >= 15 is 0 Å². The first-order chi connectivity index (χ1) is 12.4. The Kier molecular flexibility index (Phi) is 9.71. The number of aliphatic carboxylic acids is 1. The highest BCUT2D eigenvalue weighted by atomic mass is 32.2. The van der Waals surface area contributed by atoms with Crippen LogP contribution in [0.3, 0.4) is 0 Å². The van der Waals surface area contributed by atoms with Gasteiger partial charge in [0.25, 0.3) is 0 Å². The second-order valence-electron chi connectivity index (χ2n) is 5.72. The molecule has 0 fully saturated rings. The Labute approximate surface area is 156 Å². The van der Waals surface area contributed by atoms with E-state index in [4.69, 9.17) is 15.9 Å². The lowest BCUT2D eigenvalue weighted by molar-refractivity contribution is -0.143. The highest BCUT2D eigenvalue weighted by Crippen LogP contribution is 2.05. The fourth-order valence-electron chi connectivity index (χ4n) is 2.17. The molecule has 3 atom stereocenters. The largest absolute Gasteiger partial charge is 0.480 e. The summed E-state index contributed by atoms with van der Waals surface area (Å²) < 4.78 is 0. The molecule has 0 saturated heterocycles. The number of thioether (sulfide) groups is 1. The highest BCUT2D eigenvalue weighted by Gasteiger charge is 2.27. The molecule has 144 valence electrons. The van der Waals surface area contributed by atoms with Crippen molar-refractivity contribution in [2.45, 2.75) is 31.0 Å². The smallest absolute Gasteiger partial charge is 0.328 e. The summed E-state index contributed by atoms with van der Waals surface area (Å²) in [6.45, 7) is -0.750. The molecule has 6 N–H and O–H groups in total. The van der Waals surface area contributed by atoms with Crippen LogP contribution >= 0.6 is 11.8 Å². The summed E-state index contributed by atoms with van der Waals surface area (Å²) in [4.78, 5) is 35.7. The van der Waals surface area contributed by atoms with Crippen LogP contribution in [0.4, 0.5) is 0 Å². The van der Waals surface area contributed by atoms with Crippen molar-refractivity contribution >= 4 is 29.5 Å². The van der Waals surface area contributed by atoms with E-state index in [0.29, 0.717) is 12.2 Å². The van der Waals surface area contributed by atoms with E-state index in [-0.39, 0.29) is 6.42 Å². The SMILES string of the molecule is CSCCC(N)C(=O)NC(Cc1ccccc1)C(=O)NC(CO)C(=O)O. The third-order valence-electron chi connectivity index (χ3n) is 3.68. The Hall–Kier alpha value is -2.10. The van der Waals surface area contributed by atoms with E-state index < -0.39 is 42.5 Å². The van der Waals surface area contributed by atoms with Crippen molar-refractivity contribution in [3.05, 3.63) is 35.9 Å². The molecule has 0 bridgehead atoms. The summed E-state index contributed by atoms with van der Waals surface area (Å²) >= 11 is 1.56. The molecule has 0 aliphatic heterocycles. The van der Waals surface area contributed by atoms with Crippen LogP contribution in [0, 0.1) is 0 Å². The van der Waals surface area contributed by atoms with Crippen molar-refractivity contribution in [2.24, 2.45) is 5.73 Å². The molecule has 1 aromatic carbocycles. The summed E-state index contributed by atoms with van der Waals surface area (Å²) in [5.74, 6) is -1.83. The molecule has 0 heterocycles. The van der Waals surface area contributed by atoms with Gasteiger partial charge in [-0.1, -0.05) is 30.3 Å². The standard InChI is InChI=1S/C17H25N3O5S/c1-26-8-7-12(18)15(22)19-13(9-11-5-3-2-4-6-11)16(23)20-14(10-21)17(24)25/h2-6,12-14,21H,7-10,18H2,1H3,(H,19,22)(H,20,23)(H,24,25). The lowest BCUT2D eigenvalue weighted by Gasteiger charge is -2.22. The molecule has 0 aromatic heterocycles. The Morgan fingerprint density at radius 2 is 1.73 bits per heavy atom. The van der Waals surface area contributed by atoms with Gasteiger partial charge in [0, 0.05) is 6.42 Å². The first-order valence-electron chi connectivity index (χ1n) is 8.11. The van der Waals surface area contributed by atoms with Gasteiger partial charge in [-0.3, -0.25) is 9.59 Å². The van der Waals surface area contributed by atoms with Gasteiger partial charge in [-0.15, -0.1) is 0 Å². The van der Waals surface area contributed by atoms with Gasteiger partial charge in [0.1, 0.15) is 12.1 Å². The van der Waals surface area contributed by atoms with Crippen LogP contribution in [0.1, 0.15) is 12.0 Å². The number of nitrogens with two attached hydrogens (primary N) is 1. The van der Waals surface area contributed by atoms with E-state index in [2.05, 4.69) is 10.6 Å². The molecule has 3 unspecified atom stereocenters. The van der Waals surface area contributed by atoms with Crippen molar-refractivity contribution in [3.63, 3.8) is 0 Å². The molecular formula is C17H25N3O5S. The molecule has 8 nitrogen and oxygen atoms in total. The number of carbonyl (C=O) groups excluding carboxylic acids is 2. The quantitative estimate of drug-likeness (QED) is 0.342. The Morgan fingerprint density at radius 3 is 2.27 bits per heavy atom. The predicted octanol–water partition coefficient (Wildman–Crippen LogP) is -0.644. The molecular weight excluding hydrogens is 358 g/mol. The maximum atomic E-state index is 12.4. The van der Waals surface area contributed by atoms with Gasteiger partial charge >= 0.3 is 5.97 Å². The number of hydrogen-bond donors (Lipinski definition) is 5. The second kappa shape index (κ2) is 11.5. The number of rotatable bonds is 11. The van der Waals surface area contributed by atoms with Crippen molar-refractivity contribution in [1.29, 1.82) is 0 Å². The zero-order valence-corrected chi connectivity index (χ0v) is 15.4. The maximum absolute atomic E-state index is 12.4. The number of carboxylic acid groups (broad SMARTS) is 1. The van der Waals surface area contributed by atoms with Gasteiger partial charge in [-0.2, -0.15) is 11.8 Å². The van der Waals surface area contributed by atoms with Gasteiger partial charge in [-0.05, 0) is 24.0 Å². The molecule has 2 amide bonds. The van der Waals surface area contributed by atoms with Crippen molar-refractivity contribution in [1.82, 2.24) is 10.6 Å². The molecule has 1 rings (SSSR count). The van der Waals surface area contributed by atoms with Crippen molar-refractivity contribution in [2.75, 3.05) is 18.6 Å². The van der Waals surface area contributed by atoms with Crippen LogP contribution in [0.15, 0.2) is 30.3 Å². The number of carboxylic acids is 1. The van der Waals surface area contributed by atoms with Crippen molar-refractivity contribution < 1.29 is 24.6 Å². The summed E-state index contributed by atoms with van der Waals surface area (Å²) in [5, 5.41) is 22.9. The van der Waals surface area contributed by atoms with E-state index in [1.54, 1.807) is 36.0 Å². The minimum Gasteiger partial charge on any atom is -0.480 e. The molecule has 0 radical (unpaired) electrons. The molecule has 0 aliphatic carbocycles. The van der Waals surface area contributed by atoms with E-state index in [0.717, 1.165) is 5.56 Å². The predicted molar refractivity (Wildman–Crippen MR) is 99.7 cm³/mol. The monoisotopic (exact) mass is 383 g/mol. The Balaban J connectivity index is 2.85. The van der Waals surface area contributed by atoms with Gasteiger partial charge in [0.2, 0.25) is 11.8 Å². The fourth-order valence-corrected chi connectivity index (χ4v) is 2.66. The lowest BCUT2D eigenvalue weighted by Crippen LogP contribution is -2.56. The molecule has 1 aromatic rings. The van der Waals surface area contributed by atoms with E-state index in [1.165, 1.54) is 0 Å². The van der Waals surface area contributed by atoms with Crippen LogP contribution < -0.4 is 16.4 Å². The number of amides is 2. The van der Waals surface area contributed by atoms with Crippen LogP contribution in [-0.4, -0.2) is 64.7 Å². The molecule has 0 aliphatic rings. The summed E-state index contributed by atoms with van der Waals surface area (Å²) in [6, 6.07) is 5.79. The zero-order valence-electron chi connectivity index (χ0n) is 14.6. The number of aliphatic hydroxyl groups is 1. The summed E-state index contributed by atoms with van der Waals surface area (Å²) in [7, 11) is 0. The zero-order chi connectivity index (χ0) is 19.5. The molecule has 0 saturated carbocycles. The van der Waals surface area contributed by atoms with E-state index in [1.807, 2.05) is 12.3 Å². The Morgan fingerprint density at radius 1 is 1.12 bits per heavy atom. The average Bonchev–Trinajstić information content (AvgIpc) is 2.63. The van der Waals surface area contributed by atoms with Crippen molar-refractivity contribution in [3.8, 4) is 0 Å². The highest BCUT2D eigenvalue weighted by molar-refractivity contribution is 7.98. The van der Waals surface area contributed by atoms with Gasteiger partial charge < -0.3 is 26.6 Å². The number of hydrogen-bond acceptors (Lipinski definition) is 6. The van der Waals surface area contributed by atoms with E-state index in [9.17, 15) is 14.4 Å². The third kappa shape index (κ3) is 7.42. The minimum absolute atomic E-state index is 0.172. The first kappa shape index (κ1) is 21.9. The molecule has 26 heavy (non-hydrogen) atoms. The number of benzene rings is 1. The Bertz CT molecular complexity index is 599. The van der Waals surface area contributed by atoms with Crippen LogP contribution in [0.5, 0.6) is 0 Å². The van der Waals surface area contributed by atoms with Gasteiger partial charge in [0.15, 0.2) is 0 Å².